The van der Waals surface area contributed by atoms with Gasteiger partial charge in [0.05, 0.1) is 7.11 Å². The summed E-state index contributed by atoms with van der Waals surface area (Å²) in [6, 6.07) is 3.98. The van der Waals surface area contributed by atoms with Crippen molar-refractivity contribution in [2.75, 3.05) is 13.7 Å². The molecular weight excluding hydrogens is 217 g/mol. The van der Waals surface area contributed by atoms with Gasteiger partial charge in [-0.2, -0.15) is 0 Å². The third kappa shape index (κ3) is 2.78. The lowest BCUT2D eigenvalue weighted by atomic mass is 10.00. The van der Waals surface area contributed by atoms with Gasteiger partial charge in [0.25, 0.3) is 0 Å². The van der Waals surface area contributed by atoms with E-state index in [4.69, 9.17) is 4.74 Å². The zero-order valence-electron chi connectivity index (χ0n) is 10.6. The smallest absolute Gasteiger partial charge is 0.130 e. The molecule has 1 saturated heterocycles. The van der Waals surface area contributed by atoms with Gasteiger partial charge in [-0.1, -0.05) is 6.92 Å². The topological polar surface area (TPSA) is 21.3 Å². The third-order valence-electron chi connectivity index (χ3n) is 3.46. The van der Waals surface area contributed by atoms with Crippen LogP contribution in [0, 0.1) is 5.82 Å². The maximum absolute atomic E-state index is 13.6. The fourth-order valence-electron chi connectivity index (χ4n) is 2.47. The van der Waals surface area contributed by atoms with Crippen molar-refractivity contribution in [2.24, 2.45) is 0 Å². The van der Waals surface area contributed by atoms with Crippen molar-refractivity contribution in [1.29, 1.82) is 0 Å². The molecule has 1 aliphatic heterocycles. The van der Waals surface area contributed by atoms with Crippen LogP contribution in [0.2, 0.25) is 0 Å². The highest BCUT2D eigenvalue weighted by molar-refractivity contribution is 5.39. The van der Waals surface area contributed by atoms with Gasteiger partial charge >= 0.3 is 0 Å². The molecule has 1 N–H and O–H groups in total. The van der Waals surface area contributed by atoms with E-state index in [0.29, 0.717) is 11.8 Å². The fourth-order valence-corrected chi connectivity index (χ4v) is 2.47. The molecule has 0 spiro atoms. The summed E-state index contributed by atoms with van der Waals surface area (Å²) in [5.74, 6) is 0.515. The van der Waals surface area contributed by atoms with Crippen LogP contribution in [0.15, 0.2) is 12.1 Å². The highest BCUT2D eigenvalue weighted by atomic mass is 19.1. The quantitative estimate of drug-likeness (QED) is 0.869. The summed E-state index contributed by atoms with van der Waals surface area (Å²) in [6.45, 7) is 3.07. The van der Waals surface area contributed by atoms with Crippen molar-refractivity contribution in [3.8, 4) is 5.75 Å². The average Bonchev–Trinajstić information content (AvgIpc) is 2.83. The van der Waals surface area contributed by atoms with Crippen LogP contribution in [-0.2, 0) is 12.8 Å². The number of hydrogen-bond donors (Lipinski definition) is 1. The maximum Gasteiger partial charge on any atom is 0.130 e. The minimum atomic E-state index is -0.160. The normalized spacial score (nSPS) is 19.6. The third-order valence-corrected chi connectivity index (χ3v) is 3.46. The maximum atomic E-state index is 13.6. The number of nitrogens with one attached hydrogen (secondary N) is 1. The van der Waals surface area contributed by atoms with Crippen LogP contribution in [0.25, 0.3) is 0 Å². The molecule has 17 heavy (non-hydrogen) atoms. The van der Waals surface area contributed by atoms with Gasteiger partial charge < -0.3 is 10.1 Å². The molecule has 94 valence electrons. The van der Waals surface area contributed by atoms with Crippen molar-refractivity contribution in [1.82, 2.24) is 5.32 Å². The van der Waals surface area contributed by atoms with Gasteiger partial charge in [0.1, 0.15) is 11.6 Å². The Morgan fingerprint density at radius 3 is 2.82 bits per heavy atom. The molecule has 1 aromatic carbocycles. The predicted molar refractivity (Wildman–Crippen MR) is 67.1 cm³/mol. The Kier molecular flexibility index (Phi) is 4.00. The molecular formula is C14H20FNO. The highest BCUT2D eigenvalue weighted by Crippen LogP contribution is 2.26. The number of aryl methyl sites for hydroxylation is 1. The van der Waals surface area contributed by atoms with Crippen LogP contribution in [0.4, 0.5) is 4.39 Å². The second-order valence-corrected chi connectivity index (χ2v) is 4.61. The second kappa shape index (κ2) is 5.50. The number of hydrogen-bond acceptors (Lipinski definition) is 2. The first-order valence-corrected chi connectivity index (χ1v) is 6.33. The first kappa shape index (κ1) is 12.4. The lowest BCUT2D eigenvalue weighted by molar-refractivity contribution is 0.402. The van der Waals surface area contributed by atoms with E-state index in [9.17, 15) is 4.39 Å². The van der Waals surface area contributed by atoms with E-state index in [0.717, 1.165) is 30.5 Å². The molecule has 0 aromatic heterocycles. The summed E-state index contributed by atoms with van der Waals surface area (Å²) < 4.78 is 18.9. The van der Waals surface area contributed by atoms with E-state index in [1.54, 1.807) is 7.11 Å². The average molecular weight is 237 g/mol. The molecule has 1 aliphatic rings. The number of halogens is 1. The SMILES string of the molecule is CCc1cc(CC2CCCN2)c(OC)cc1F. The lowest BCUT2D eigenvalue weighted by Gasteiger charge is -2.15. The van der Waals surface area contributed by atoms with Crippen LogP contribution < -0.4 is 10.1 Å². The van der Waals surface area contributed by atoms with E-state index >= 15 is 0 Å². The molecule has 3 heteroatoms. The van der Waals surface area contributed by atoms with Gasteiger partial charge in [-0.3, -0.25) is 0 Å². The van der Waals surface area contributed by atoms with Gasteiger partial charge in [0.15, 0.2) is 0 Å². The zero-order chi connectivity index (χ0) is 12.3. The largest absolute Gasteiger partial charge is 0.496 e. The molecule has 1 aromatic rings. The van der Waals surface area contributed by atoms with Gasteiger partial charge in [-0.25, -0.2) is 4.39 Å². The summed E-state index contributed by atoms with van der Waals surface area (Å²) in [5.41, 5.74) is 1.89. The molecule has 0 bridgehead atoms. The molecule has 1 atom stereocenters. The monoisotopic (exact) mass is 237 g/mol. The van der Waals surface area contributed by atoms with Gasteiger partial charge in [0.2, 0.25) is 0 Å². The molecule has 0 amide bonds. The number of methoxy groups -OCH3 is 1. The second-order valence-electron chi connectivity index (χ2n) is 4.61. The van der Waals surface area contributed by atoms with E-state index in [1.807, 2.05) is 13.0 Å². The summed E-state index contributed by atoms with van der Waals surface area (Å²) in [6.07, 6.45) is 4.08. The Balaban J connectivity index is 2.23. The van der Waals surface area contributed by atoms with E-state index in [-0.39, 0.29) is 5.82 Å². The van der Waals surface area contributed by atoms with Gasteiger partial charge in [-0.05, 0) is 49.4 Å². The minimum absolute atomic E-state index is 0.160. The minimum Gasteiger partial charge on any atom is -0.496 e. The zero-order valence-corrected chi connectivity index (χ0v) is 10.6. The van der Waals surface area contributed by atoms with Crippen LogP contribution >= 0.6 is 0 Å². The fraction of sp³-hybridized carbons (Fsp3) is 0.571. The Hall–Kier alpha value is -1.09. The van der Waals surface area contributed by atoms with Gasteiger partial charge in [-0.15, -0.1) is 0 Å². The first-order chi connectivity index (χ1) is 8.24. The molecule has 1 unspecified atom stereocenters. The molecule has 2 nitrogen and oxygen atoms in total. The standard InChI is InChI=1S/C14H20FNO/c1-3-10-7-11(8-12-5-4-6-16-12)14(17-2)9-13(10)15/h7,9,12,16H,3-6,8H2,1-2H3. The summed E-state index contributed by atoms with van der Waals surface area (Å²) in [7, 11) is 1.60. The van der Waals surface area contributed by atoms with Crippen molar-refractivity contribution < 1.29 is 9.13 Å². The summed E-state index contributed by atoms with van der Waals surface area (Å²) in [4.78, 5) is 0. The van der Waals surface area contributed by atoms with Crippen molar-refractivity contribution in [3.63, 3.8) is 0 Å². The Morgan fingerprint density at radius 2 is 2.24 bits per heavy atom. The van der Waals surface area contributed by atoms with Crippen molar-refractivity contribution >= 4 is 0 Å². The van der Waals surface area contributed by atoms with Crippen LogP contribution in [0.3, 0.4) is 0 Å². The molecule has 2 rings (SSSR count). The van der Waals surface area contributed by atoms with E-state index < -0.39 is 0 Å². The van der Waals surface area contributed by atoms with Crippen LogP contribution in [-0.4, -0.2) is 19.7 Å². The lowest BCUT2D eigenvalue weighted by Crippen LogP contribution is -2.24. The predicted octanol–water partition coefficient (Wildman–Crippen LogP) is 2.69. The molecule has 0 radical (unpaired) electrons. The van der Waals surface area contributed by atoms with E-state index in [2.05, 4.69) is 5.32 Å². The van der Waals surface area contributed by atoms with Crippen LogP contribution in [0.1, 0.15) is 30.9 Å². The van der Waals surface area contributed by atoms with Crippen molar-refractivity contribution in [2.45, 2.75) is 38.6 Å². The summed E-state index contributed by atoms with van der Waals surface area (Å²) >= 11 is 0. The highest BCUT2D eigenvalue weighted by Gasteiger charge is 2.18. The van der Waals surface area contributed by atoms with Crippen LogP contribution in [0.5, 0.6) is 5.75 Å². The first-order valence-electron chi connectivity index (χ1n) is 6.33. The van der Waals surface area contributed by atoms with E-state index in [1.165, 1.54) is 18.9 Å². The number of benzene rings is 1. The number of ether oxygens (including phenoxy) is 1. The Labute approximate surface area is 102 Å². The molecule has 1 fully saturated rings. The number of rotatable bonds is 4. The molecule has 0 saturated carbocycles. The Bertz CT molecular complexity index is 386. The van der Waals surface area contributed by atoms with Gasteiger partial charge in [0, 0.05) is 12.1 Å². The summed E-state index contributed by atoms with van der Waals surface area (Å²) in [5, 5.41) is 3.46. The molecule has 0 aliphatic carbocycles. The Morgan fingerprint density at radius 1 is 1.41 bits per heavy atom. The molecule has 1 heterocycles. The van der Waals surface area contributed by atoms with Crippen molar-refractivity contribution in [3.05, 3.63) is 29.1 Å².